The van der Waals surface area contributed by atoms with E-state index in [1.165, 1.54) is 0 Å². The van der Waals surface area contributed by atoms with E-state index in [0.29, 0.717) is 0 Å². The summed E-state index contributed by atoms with van der Waals surface area (Å²) in [7, 11) is 0. The average Bonchev–Trinajstić information content (AvgIpc) is 2.44. The van der Waals surface area contributed by atoms with E-state index in [2.05, 4.69) is 86.1 Å². The summed E-state index contributed by atoms with van der Waals surface area (Å²) < 4.78 is 2.00. The molecule has 6 heteroatoms. The van der Waals surface area contributed by atoms with E-state index in [4.69, 9.17) is 0 Å². The molecule has 0 bridgehead atoms. The summed E-state index contributed by atoms with van der Waals surface area (Å²) in [6.07, 6.45) is 0. The lowest BCUT2D eigenvalue weighted by atomic mass is 10.2. The van der Waals surface area contributed by atoms with Crippen molar-refractivity contribution in [2.75, 3.05) is 0 Å². The highest BCUT2D eigenvalue weighted by molar-refractivity contribution is 9.11. The van der Waals surface area contributed by atoms with Crippen molar-refractivity contribution in [3.8, 4) is 0 Å². The summed E-state index contributed by atoms with van der Waals surface area (Å²) in [5.41, 5.74) is 3.97. The Hall–Kier alpha value is -0.0400. The van der Waals surface area contributed by atoms with E-state index in [0.717, 1.165) is 42.1 Å². The molecule has 0 amide bonds. The first-order chi connectivity index (χ1) is 9.60. The summed E-state index contributed by atoms with van der Waals surface area (Å²) in [5.74, 6) is 0. The molecule has 0 radical (unpaired) electrons. The first-order valence-corrected chi connectivity index (χ1v) is 9.56. The zero-order chi connectivity index (χ0) is 14.5. The van der Waals surface area contributed by atoms with Gasteiger partial charge in [-0.25, -0.2) is 0 Å². The van der Waals surface area contributed by atoms with Crippen molar-refractivity contribution in [3.05, 3.63) is 56.5 Å². The van der Waals surface area contributed by atoms with E-state index >= 15 is 0 Å². The van der Waals surface area contributed by atoms with Gasteiger partial charge in [0, 0.05) is 19.6 Å². The van der Waals surface area contributed by atoms with Crippen LogP contribution in [-0.4, -0.2) is 0 Å². The van der Waals surface area contributed by atoms with Gasteiger partial charge in [-0.1, -0.05) is 63.7 Å². The Kier molecular flexibility index (Phi) is 6.39. The molecule has 0 spiro atoms. The molecule has 0 aliphatic carbocycles. The van der Waals surface area contributed by atoms with Gasteiger partial charge in [0.05, 0.1) is 11.4 Å². The Bertz CT molecular complexity index is 586. The molecule has 0 N–H and O–H groups in total. The number of alkyl halides is 2. The second-order valence-corrected chi connectivity index (χ2v) is 7.06. The summed E-state index contributed by atoms with van der Waals surface area (Å²) in [4.78, 5) is 0. The van der Waals surface area contributed by atoms with Crippen LogP contribution in [0.4, 0.5) is 11.4 Å². The molecular weight excluding hydrogens is 516 g/mol. The summed E-state index contributed by atoms with van der Waals surface area (Å²) in [6.45, 7) is 0. The third kappa shape index (κ3) is 4.76. The number of benzene rings is 2. The Morgan fingerprint density at radius 2 is 1.05 bits per heavy atom. The molecule has 2 aromatic rings. The molecule has 0 heterocycles. The van der Waals surface area contributed by atoms with Crippen molar-refractivity contribution in [3.63, 3.8) is 0 Å². The zero-order valence-corrected chi connectivity index (χ0v) is 16.6. The Morgan fingerprint density at radius 3 is 1.40 bits per heavy atom. The lowest BCUT2D eigenvalue weighted by Gasteiger charge is -2.01. The Morgan fingerprint density at radius 1 is 0.650 bits per heavy atom. The predicted molar refractivity (Wildman–Crippen MR) is 97.7 cm³/mol. The van der Waals surface area contributed by atoms with Gasteiger partial charge in [-0.05, 0) is 47.5 Å². The van der Waals surface area contributed by atoms with Crippen LogP contribution in [0.2, 0.25) is 0 Å². The fourth-order valence-electron chi connectivity index (χ4n) is 1.65. The van der Waals surface area contributed by atoms with Gasteiger partial charge in [-0.3, -0.25) is 0 Å². The van der Waals surface area contributed by atoms with E-state index in [1.807, 2.05) is 24.3 Å². The monoisotopic (exact) mass is 522 g/mol. The lowest BCUT2D eigenvalue weighted by molar-refractivity contribution is 1.21. The van der Waals surface area contributed by atoms with Gasteiger partial charge in [0.15, 0.2) is 0 Å². The van der Waals surface area contributed by atoms with Gasteiger partial charge < -0.3 is 0 Å². The Labute approximate surface area is 151 Å². The van der Waals surface area contributed by atoms with Crippen molar-refractivity contribution in [2.24, 2.45) is 10.2 Å². The molecule has 2 nitrogen and oxygen atoms in total. The number of halogens is 4. The van der Waals surface area contributed by atoms with Gasteiger partial charge >= 0.3 is 0 Å². The lowest BCUT2D eigenvalue weighted by Crippen LogP contribution is -1.78. The van der Waals surface area contributed by atoms with Gasteiger partial charge in [0.1, 0.15) is 0 Å². The highest BCUT2D eigenvalue weighted by Gasteiger charge is 2.00. The molecule has 2 aromatic carbocycles. The van der Waals surface area contributed by atoms with Crippen LogP contribution in [0.15, 0.2) is 55.6 Å². The van der Waals surface area contributed by atoms with Crippen LogP contribution in [0.5, 0.6) is 0 Å². The fourth-order valence-corrected chi connectivity index (χ4v) is 3.36. The largest absolute Gasteiger partial charge is 0.151 e. The maximum absolute atomic E-state index is 4.30. The SMILES string of the molecule is BrCc1cc(Br)cc(N=Nc2cc(Br)cc(CBr)c2)c1. The van der Waals surface area contributed by atoms with Gasteiger partial charge in [0.25, 0.3) is 0 Å². The van der Waals surface area contributed by atoms with Crippen molar-refractivity contribution >= 4 is 75.1 Å². The van der Waals surface area contributed by atoms with Crippen LogP contribution in [-0.2, 0) is 10.7 Å². The molecule has 0 saturated heterocycles. The molecule has 0 saturated carbocycles. The minimum absolute atomic E-state index is 0.791. The maximum atomic E-state index is 4.30. The highest BCUT2D eigenvalue weighted by atomic mass is 79.9. The van der Waals surface area contributed by atoms with Gasteiger partial charge in [0.2, 0.25) is 0 Å². The first kappa shape index (κ1) is 16.3. The highest BCUT2D eigenvalue weighted by Crippen LogP contribution is 2.27. The van der Waals surface area contributed by atoms with Gasteiger partial charge in [-0.2, -0.15) is 10.2 Å². The molecule has 0 aromatic heterocycles. The predicted octanol–water partition coefficient (Wildman–Crippen LogP) is 7.42. The zero-order valence-electron chi connectivity index (χ0n) is 10.3. The van der Waals surface area contributed by atoms with E-state index in [1.54, 1.807) is 0 Å². The van der Waals surface area contributed by atoms with Crippen LogP contribution >= 0.6 is 63.7 Å². The number of hydrogen-bond acceptors (Lipinski definition) is 2. The third-order valence-electron chi connectivity index (χ3n) is 2.47. The molecule has 104 valence electrons. The van der Waals surface area contributed by atoms with E-state index < -0.39 is 0 Å². The van der Waals surface area contributed by atoms with Crippen LogP contribution in [0.1, 0.15) is 11.1 Å². The number of rotatable bonds is 4. The second-order valence-electron chi connectivity index (χ2n) is 4.10. The third-order valence-corrected chi connectivity index (χ3v) is 4.68. The van der Waals surface area contributed by atoms with Crippen molar-refractivity contribution in [1.29, 1.82) is 0 Å². The van der Waals surface area contributed by atoms with Gasteiger partial charge in [-0.15, -0.1) is 0 Å². The van der Waals surface area contributed by atoms with Crippen LogP contribution in [0, 0.1) is 0 Å². The molecule has 0 unspecified atom stereocenters. The molecule has 0 fully saturated rings. The molecule has 0 aliphatic rings. The minimum Gasteiger partial charge on any atom is -0.151 e. The van der Waals surface area contributed by atoms with Crippen LogP contribution in [0.3, 0.4) is 0 Å². The smallest absolute Gasteiger partial charge is 0.0871 e. The van der Waals surface area contributed by atoms with Crippen LogP contribution in [0.25, 0.3) is 0 Å². The quantitative estimate of drug-likeness (QED) is 0.293. The van der Waals surface area contributed by atoms with E-state index in [-0.39, 0.29) is 0 Å². The van der Waals surface area contributed by atoms with Crippen molar-refractivity contribution in [1.82, 2.24) is 0 Å². The molecule has 0 aliphatic heterocycles. The minimum atomic E-state index is 0.791. The topological polar surface area (TPSA) is 24.7 Å². The summed E-state index contributed by atoms with van der Waals surface area (Å²) in [6, 6.07) is 12.0. The second kappa shape index (κ2) is 7.82. The Balaban J connectivity index is 2.29. The van der Waals surface area contributed by atoms with Crippen LogP contribution < -0.4 is 0 Å². The van der Waals surface area contributed by atoms with Crippen molar-refractivity contribution < 1.29 is 0 Å². The maximum Gasteiger partial charge on any atom is 0.0871 e. The summed E-state index contributed by atoms with van der Waals surface area (Å²) >= 11 is 13.8. The number of nitrogens with zero attached hydrogens (tertiary/aromatic N) is 2. The van der Waals surface area contributed by atoms with Crippen molar-refractivity contribution in [2.45, 2.75) is 10.7 Å². The van der Waals surface area contributed by atoms with E-state index in [9.17, 15) is 0 Å². The summed E-state index contributed by atoms with van der Waals surface area (Å²) in [5, 5.41) is 10.2. The number of hydrogen-bond donors (Lipinski definition) is 0. The molecule has 20 heavy (non-hydrogen) atoms. The number of azo groups is 1. The standard InChI is InChI=1S/C14H10Br4N2/c15-7-9-1-11(17)5-13(3-9)19-20-14-4-10(8-16)2-12(18)6-14/h1-6H,7-8H2. The molecule has 2 rings (SSSR count). The molecule has 0 atom stereocenters. The normalized spacial score (nSPS) is 11.2. The average molecular weight is 526 g/mol. The molecular formula is C14H10Br4N2. The first-order valence-electron chi connectivity index (χ1n) is 5.73. The fraction of sp³-hybridized carbons (Fsp3) is 0.143.